The van der Waals surface area contributed by atoms with Crippen LogP contribution >= 0.6 is 11.8 Å². The predicted octanol–water partition coefficient (Wildman–Crippen LogP) is 4.40. The Balaban J connectivity index is 2.30. The zero-order chi connectivity index (χ0) is 12.7. The Kier molecular flexibility index (Phi) is 6.68. The number of ether oxygens (including phenoxy) is 1. The van der Waals surface area contributed by atoms with Gasteiger partial charge in [-0.05, 0) is 43.9 Å². The molecule has 0 saturated carbocycles. The molecule has 0 heterocycles. The summed E-state index contributed by atoms with van der Waals surface area (Å²) in [5.41, 5.74) is 1.43. The first-order chi connectivity index (χ1) is 8.08. The van der Waals surface area contributed by atoms with Crippen LogP contribution in [0.4, 0.5) is 0 Å². The van der Waals surface area contributed by atoms with Crippen LogP contribution in [-0.4, -0.2) is 18.5 Å². The van der Waals surface area contributed by atoms with Gasteiger partial charge in [-0.15, -0.1) is 11.8 Å². The van der Waals surface area contributed by atoms with E-state index in [4.69, 9.17) is 4.74 Å². The van der Waals surface area contributed by atoms with Crippen molar-refractivity contribution in [2.24, 2.45) is 5.92 Å². The molecule has 1 nitrogen and oxygen atoms in total. The molecule has 0 spiro atoms. The van der Waals surface area contributed by atoms with Crippen LogP contribution in [0.25, 0.3) is 0 Å². The Morgan fingerprint density at radius 1 is 1.06 bits per heavy atom. The SMILES string of the molecule is CC(C)Cc1ccc(SCCOC(C)C)cc1. The van der Waals surface area contributed by atoms with Crippen LogP contribution in [0.5, 0.6) is 0 Å². The van der Waals surface area contributed by atoms with Gasteiger partial charge in [-0.2, -0.15) is 0 Å². The summed E-state index contributed by atoms with van der Waals surface area (Å²) in [6.07, 6.45) is 1.51. The Morgan fingerprint density at radius 2 is 1.71 bits per heavy atom. The average Bonchev–Trinajstić information content (AvgIpc) is 2.25. The lowest BCUT2D eigenvalue weighted by Gasteiger charge is -2.08. The van der Waals surface area contributed by atoms with Crippen molar-refractivity contribution in [3.05, 3.63) is 29.8 Å². The second kappa shape index (κ2) is 7.78. The molecule has 96 valence electrons. The predicted molar refractivity (Wildman–Crippen MR) is 76.8 cm³/mol. The summed E-state index contributed by atoms with van der Waals surface area (Å²) in [6, 6.07) is 8.92. The highest BCUT2D eigenvalue weighted by Gasteiger charge is 1.99. The largest absolute Gasteiger partial charge is 0.378 e. The molecule has 0 aliphatic carbocycles. The number of rotatable bonds is 7. The molecule has 0 aliphatic heterocycles. The third-order valence-electron chi connectivity index (χ3n) is 2.37. The zero-order valence-electron chi connectivity index (χ0n) is 11.4. The second-order valence-corrected chi connectivity index (χ2v) is 6.18. The highest BCUT2D eigenvalue weighted by Crippen LogP contribution is 2.19. The summed E-state index contributed by atoms with van der Waals surface area (Å²) in [4.78, 5) is 1.34. The lowest BCUT2D eigenvalue weighted by Crippen LogP contribution is -2.05. The van der Waals surface area contributed by atoms with Gasteiger partial charge < -0.3 is 4.74 Å². The van der Waals surface area contributed by atoms with Crippen LogP contribution in [0, 0.1) is 5.92 Å². The van der Waals surface area contributed by atoms with Gasteiger partial charge in [0.2, 0.25) is 0 Å². The van der Waals surface area contributed by atoms with E-state index in [-0.39, 0.29) is 0 Å². The second-order valence-electron chi connectivity index (χ2n) is 5.01. The first kappa shape index (κ1) is 14.6. The minimum atomic E-state index is 0.337. The van der Waals surface area contributed by atoms with Gasteiger partial charge in [0.15, 0.2) is 0 Å². The topological polar surface area (TPSA) is 9.23 Å². The minimum Gasteiger partial charge on any atom is -0.378 e. The fraction of sp³-hybridized carbons (Fsp3) is 0.600. The smallest absolute Gasteiger partial charge is 0.0563 e. The van der Waals surface area contributed by atoms with E-state index in [1.165, 1.54) is 16.9 Å². The summed E-state index contributed by atoms with van der Waals surface area (Å²) < 4.78 is 5.52. The van der Waals surface area contributed by atoms with Gasteiger partial charge in [-0.3, -0.25) is 0 Å². The van der Waals surface area contributed by atoms with Crippen molar-refractivity contribution in [3.8, 4) is 0 Å². The molecule has 1 aromatic carbocycles. The molecule has 0 aromatic heterocycles. The lowest BCUT2D eigenvalue weighted by atomic mass is 10.0. The molecule has 0 atom stereocenters. The van der Waals surface area contributed by atoms with Crippen molar-refractivity contribution in [2.45, 2.75) is 45.1 Å². The molecule has 0 N–H and O–H groups in total. The van der Waals surface area contributed by atoms with Gasteiger partial charge in [-0.1, -0.05) is 26.0 Å². The summed E-state index contributed by atoms with van der Waals surface area (Å²) >= 11 is 1.86. The van der Waals surface area contributed by atoms with Crippen LogP contribution in [0.3, 0.4) is 0 Å². The van der Waals surface area contributed by atoms with Crippen LogP contribution in [0.15, 0.2) is 29.2 Å². The van der Waals surface area contributed by atoms with Crippen molar-refractivity contribution < 1.29 is 4.74 Å². The van der Waals surface area contributed by atoms with Crippen LogP contribution in [0.1, 0.15) is 33.3 Å². The fourth-order valence-electron chi connectivity index (χ4n) is 1.64. The van der Waals surface area contributed by atoms with Gasteiger partial charge in [-0.25, -0.2) is 0 Å². The standard InChI is InChI=1S/C15H24OS/c1-12(2)11-14-5-7-15(8-6-14)17-10-9-16-13(3)4/h5-8,12-13H,9-11H2,1-4H3. The Morgan fingerprint density at radius 3 is 2.24 bits per heavy atom. The molecule has 0 saturated heterocycles. The third-order valence-corrected chi connectivity index (χ3v) is 3.35. The van der Waals surface area contributed by atoms with E-state index in [9.17, 15) is 0 Å². The molecule has 0 amide bonds. The van der Waals surface area contributed by atoms with Gasteiger partial charge in [0.05, 0.1) is 12.7 Å². The molecule has 0 aliphatic rings. The summed E-state index contributed by atoms with van der Waals surface area (Å²) in [6.45, 7) is 9.49. The lowest BCUT2D eigenvalue weighted by molar-refractivity contribution is 0.0920. The fourth-order valence-corrected chi connectivity index (χ4v) is 2.38. The average molecular weight is 252 g/mol. The Labute approximate surface area is 110 Å². The highest BCUT2D eigenvalue weighted by molar-refractivity contribution is 7.99. The summed E-state index contributed by atoms with van der Waals surface area (Å²) in [5, 5.41) is 0. The maximum Gasteiger partial charge on any atom is 0.0563 e. The molecule has 1 rings (SSSR count). The van der Waals surface area contributed by atoms with Crippen LogP contribution in [0.2, 0.25) is 0 Å². The van der Waals surface area contributed by atoms with Crippen molar-refractivity contribution in [2.75, 3.05) is 12.4 Å². The first-order valence-corrected chi connectivity index (χ1v) is 7.40. The quantitative estimate of drug-likeness (QED) is 0.525. The van der Waals surface area contributed by atoms with E-state index in [1.54, 1.807) is 0 Å². The van der Waals surface area contributed by atoms with E-state index >= 15 is 0 Å². The van der Waals surface area contributed by atoms with E-state index in [2.05, 4.69) is 52.0 Å². The van der Waals surface area contributed by atoms with Crippen molar-refractivity contribution in [1.82, 2.24) is 0 Å². The van der Waals surface area contributed by atoms with Crippen molar-refractivity contribution in [1.29, 1.82) is 0 Å². The van der Waals surface area contributed by atoms with Gasteiger partial charge >= 0.3 is 0 Å². The molecular weight excluding hydrogens is 228 g/mol. The molecule has 0 fully saturated rings. The van der Waals surface area contributed by atoms with Gasteiger partial charge in [0.25, 0.3) is 0 Å². The number of hydrogen-bond acceptors (Lipinski definition) is 2. The first-order valence-electron chi connectivity index (χ1n) is 6.41. The van der Waals surface area contributed by atoms with Gasteiger partial charge in [0, 0.05) is 10.6 Å². The summed E-state index contributed by atoms with van der Waals surface area (Å²) in [7, 11) is 0. The molecule has 2 heteroatoms. The van der Waals surface area contributed by atoms with Crippen LogP contribution in [-0.2, 0) is 11.2 Å². The van der Waals surface area contributed by atoms with Gasteiger partial charge in [0.1, 0.15) is 0 Å². The third kappa shape index (κ3) is 6.75. The monoisotopic (exact) mass is 252 g/mol. The van der Waals surface area contributed by atoms with E-state index in [0.717, 1.165) is 18.3 Å². The molecule has 17 heavy (non-hydrogen) atoms. The molecule has 0 unspecified atom stereocenters. The number of benzene rings is 1. The van der Waals surface area contributed by atoms with Crippen molar-refractivity contribution >= 4 is 11.8 Å². The van der Waals surface area contributed by atoms with Crippen molar-refractivity contribution in [3.63, 3.8) is 0 Å². The Bertz CT molecular complexity index is 303. The maximum absolute atomic E-state index is 5.52. The van der Waals surface area contributed by atoms with Crippen LogP contribution < -0.4 is 0 Å². The number of thioether (sulfide) groups is 1. The zero-order valence-corrected chi connectivity index (χ0v) is 12.2. The molecule has 0 radical (unpaired) electrons. The van der Waals surface area contributed by atoms with E-state index in [0.29, 0.717) is 6.10 Å². The normalized spacial score (nSPS) is 11.4. The number of hydrogen-bond donors (Lipinski definition) is 0. The maximum atomic E-state index is 5.52. The highest BCUT2D eigenvalue weighted by atomic mass is 32.2. The Hall–Kier alpha value is -0.470. The minimum absolute atomic E-state index is 0.337. The van der Waals surface area contributed by atoms with E-state index < -0.39 is 0 Å². The molecule has 1 aromatic rings. The summed E-state index contributed by atoms with van der Waals surface area (Å²) in [5.74, 6) is 1.76. The molecular formula is C15H24OS. The van der Waals surface area contributed by atoms with E-state index in [1.807, 2.05) is 11.8 Å². The molecule has 0 bridgehead atoms.